The van der Waals surface area contributed by atoms with Crippen LogP contribution < -0.4 is 11.5 Å². The fraction of sp³-hybridized carbons (Fsp3) is 0.467. The molecule has 0 bridgehead atoms. The molecular formula is C15H21N3O2. The summed E-state index contributed by atoms with van der Waals surface area (Å²) in [5, 5.41) is 0. The Labute approximate surface area is 118 Å². The van der Waals surface area contributed by atoms with E-state index >= 15 is 0 Å². The molecule has 4 N–H and O–H groups in total. The zero-order valence-corrected chi connectivity index (χ0v) is 12.0. The maximum absolute atomic E-state index is 12.6. The zero-order chi connectivity index (χ0) is 14.9. The highest BCUT2D eigenvalue weighted by Gasteiger charge is 2.28. The van der Waals surface area contributed by atoms with E-state index in [4.69, 9.17) is 11.5 Å². The number of hydrogen-bond donors (Lipinski definition) is 2. The van der Waals surface area contributed by atoms with E-state index in [0.29, 0.717) is 24.3 Å². The third-order valence-corrected chi connectivity index (χ3v) is 3.95. The number of nitrogen functional groups attached to an aromatic ring is 1. The standard InChI is InChI=1S/C15H21N3O2/c1-9-6-10(2)13(16)7-12(9)15(20)18-5-3-4-11(8-18)14(17)19/h6-7,11H,3-5,8,16H2,1-2H3,(H2,17,19). The molecular weight excluding hydrogens is 254 g/mol. The van der Waals surface area contributed by atoms with E-state index in [2.05, 4.69) is 0 Å². The van der Waals surface area contributed by atoms with Crippen molar-refractivity contribution in [3.63, 3.8) is 0 Å². The summed E-state index contributed by atoms with van der Waals surface area (Å²) in [6, 6.07) is 3.64. The van der Waals surface area contributed by atoms with Gasteiger partial charge >= 0.3 is 0 Å². The lowest BCUT2D eigenvalue weighted by atomic mass is 9.96. The molecule has 2 rings (SSSR count). The van der Waals surface area contributed by atoms with Crippen LogP contribution in [-0.2, 0) is 4.79 Å². The van der Waals surface area contributed by atoms with E-state index in [1.54, 1.807) is 11.0 Å². The predicted molar refractivity (Wildman–Crippen MR) is 78.2 cm³/mol. The molecule has 1 aromatic rings. The number of primary amides is 1. The van der Waals surface area contributed by atoms with Crippen LogP contribution in [0.5, 0.6) is 0 Å². The number of likely N-dealkylation sites (tertiary alicyclic amines) is 1. The van der Waals surface area contributed by atoms with Crippen molar-refractivity contribution in [3.8, 4) is 0 Å². The average molecular weight is 275 g/mol. The molecule has 5 heteroatoms. The second kappa shape index (κ2) is 5.53. The van der Waals surface area contributed by atoms with Crippen molar-refractivity contribution in [1.82, 2.24) is 4.90 Å². The highest BCUT2D eigenvalue weighted by atomic mass is 16.2. The van der Waals surface area contributed by atoms with Crippen LogP contribution in [0.4, 0.5) is 5.69 Å². The topological polar surface area (TPSA) is 89.4 Å². The highest BCUT2D eigenvalue weighted by molar-refractivity contribution is 5.97. The first kappa shape index (κ1) is 14.4. The van der Waals surface area contributed by atoms with Crippen LogP contribution in [0.15, 0.2) is 12.1 Å². The molecule has 1 aliphatic rings. The Hall–Kier alpha value is -2.04. The Morgan fingerprint density at radius 1 is 1.25 bits per heavy atom. The van der Waals surface area contributed by atoms with Crippen molar-refractivity contribution in [2.45, 2.75) is 26.7 Å². The summed E-state index contributed by atoms with van der Waals surface area (Å²) >= 11 is 0. The van der Waals surface area contributed by atoms with Crippen LogP contribution in [0.1, 0.15) is 34.3 Å². The number of amides is 2. The minimum Gasteiger partial charge on any atom is -0.398 e. The van der Waals surface area contributed by atoms with E-state index in [1.807, 2.05) is 19.9 Å². The molecule has 0 saturated carbocycles. The van der Waals surface area contributed by atoms with Gasteiger partial charge in [0.2, 0.25) is 5.91 Å². The first-order valence-electron chi connectivity index (χ1n) is 6.85. The average Bonchev–Trinajstić information content (AvgIpc) is 2.42. The number of carbonyl (C=O) groups excluding carboxylic acids is 2. The van der Waals surface area contributed by atoms with Gasteiger partial charge in [-0.05, 0) is 43.9 Å². The van der Waals surface area contributed by atoms with Crippen LogP contribution in [0.25, 0.3) is 0 Å². The highest BCUT2D eigenvalue weighted by Crippen LogP contribution is 2.22. The van der Waals surface area contributed by atoms with Gasteiger partial charge in [0, 0.05) is 24.3 Å². The fourth-order valence-electron chi connectivity index (χ4n) is 2.66. The minimum atomic E-state index is -0.331. The van der Waals surface area contributed by atoms with E-state index in [1.165, 1.54) is 0 Å². The lowest BCUT2D eigenvalue weighted by Crippen LogP contribution is -2.44. The lowest BCUT2D eigenvalue weighted by molar-refractivity contribution is -0.123. The largest absolute Gasteiger partial charge is 0.398 e. The molecule has 2 amide bonds. The smallest absolute Gasteiger partial charge is 0.254 e. The molecule has 5 nitrogen and oxygen atoms in total. The third-order valence-electron chi connectivity index (χ3n) is 3.95. The summed E-state index contributed by atoms with van der Waals surface area (Å²) < 4.78 is 0. The molecule has 1 saturated heterocycles. The van der Waals surface area contributed by atoms with Gasteiger partial charge in [0.25, 0.3) is 5.91 Å². The number of anilines is 1. The number of nitrogens with two attached hydrogens (primary N) is 2. The molecule has 20 heavy (non-hydrogen) atoms. The number of benzene rings is 1. The van der Waals surface area contributed by atoms with Gasteiger partial charge in [-0.1, -0.05) is 6.07 Å². The molecule has 0 aromatic heterocycles. The summed E-state index contributed by atoms with van der Waals surface area (Å²) in [6.07, 6.45) is 1.56. The monoisotopic (exact) mass is 275 g/mol. The molecule has 108 valence electrons. The van der Waals surface area contributed by atoms with Crippen molar-refractivity contribution < 1.29 is 9.59 Å². The van der Waals surface area contributed by atoms with Gasteiger partial charge in [-0.25, -0.2) is 0 Å². The van der Waals surface area contributed by atoms with Gasteiger partial charge in [-0.15, -0.1) is 0 Å². The van der Waals surface area contributed by atoms with E-state index < -0.39 is 0 Å². The van der Waals surface area contributed by atoms with E-state index in [-0.39, 0.29) is 17.7 Å². The zero-order valence-electron chi connectivity index (χ0n) is 12.0. The maximum Gasteiger partial charge on any atom is 0.254 e. The third kappa shape index (κ3) is 2.76. The number of rotatable bonds is 2. The van der Waals surface area contributed by atoms with Crippen molar-refractivity contribution in [2.24, 2.45) is 11.7 Å². The van der Waals surface area contributed by atoms with Crippen LogP contribution >= 0.6 is 0 Å². The second-order valence-corrected chi connectivity index (χ2v) is 5.52. The number of piperidine rings is 1. The molecule has 1 aliphatic heterocycles. The maximum atomic E-state index is 12.6. The Bertz CT molecular complexity index is 554. The summed E-state index contributed by atoms with van der Waals surface area (Å²) in [7, 11) is 0. The van der Waals surface area contributed by atoms with Gasteiger partial charge in [-0.3, -0.25) is 9.59 Å². The lowest BCUT2D eigenvalue weighted by Gasteiger charge is -2.31. The Morgan fingerprint density at radius 3 is 2.60 bits per heavy atom. The summed E-state index contributed by atoms with van der Waals surface area (Å²) in [6.45, 7) is 4.88. The van der Waals surface area contributed by atoms with Crippen molar-refractivity contribution in [1.29, 1.82) is 0 Å². The van der Waals surface area contributed by atoms with E-state index in [9.17, 15) is 9.59 Å². The molecule has 1 heterocycles. The van der Waals surface area contributed by atoms with Gasteiger partial charge in [0.05, 0.1) is 5.92 Å². The Kier molecular flexibility index (Phi) is 3.97. The second-order valence-electron chi connectivity index (χ2n) is 5.52. The van der Waals surface area contributed by atoms with E-state index in [0.717, 1.165) is 24.0 Å². The summed E-state index contributed by atoms with van der Waals surface area (Å²) in [5.74, 6) is -0.640. The first-order valence-corrected chi connectivity index (χ1v) is 6.85. The Balaban J connectivity index is 2.23. The predicted octanol–water partition coefficient (Wildman–Crippen LogP) is 1.22. The number of hydrogen-bond acceptors (Lipinski definition) is 3. The SMILES string of the molecule is Cc1cc(C)c(C(=O)N2CCCC(C(N)=O)C2)cc1N. The van der Waals surface area contributed by atoms with Crippen molar-refractivity contribution in [2.75, 3.05) is 18.8 Å². The van der Waals surface area contributed by atoms with Crippen LogP contribution in [-0.4, -0.2) is 29.8 Å². The molecule has 0 radical (unpaired) electrons. The molecule has 0 aliphatic carbocycles. The summed E-state index contributed by atoms with van der Waals surface area (Å²) in [4.78, 5) is 25.6. The number of aryl methyl sites for hydroxylation is 2. The van der Waals surface area contributed by atoms with Gasteiger partial charge < -0.3 is 16.4 Å². The molecule has 1 aromatic carbocycles. The van der Waals surface area contributed by atoms with Crippen LogP contribution in [0, 0.1) is 19.8 Å². The van der Waals surface area contributed by atoms with Crippen LogP contribution in [0.3, 0.4) is 0 Å². The number of carbonyl (C=O) groups is 2. The molecule has 1 unspecified atom stereocenters. The minimum absolute atomic E-state index is 0.0693. The number of nitrogens with zero attached hydrogens (tertiary/aromatic N) is 1. The summed E-state index contributed by atoms with van der Waals surface area (Å²) in [5.41, 5.74) is 14.3. The quantitative estimate of drug-likeness (QED) is 0.795. The van der Waals surface area contributed by atoms with Gasteiger partial charge in [-0.2, -0.15) is 0 Å². The van der Waals surface area contributed by atoms with Gasteiger partial charge in [0.1, 0.15) is 0 Å². The van der Waals surface area contributed by atoms with Crippen molar-refractivity contribution in [3.05, 3.63) is 28.8 Å². The Morgan fingerprint density at radius 2 is 1.95 bits per heavy atom. The van der Waals surface area contributed by atoms with Crippen LogP contribution in [0.2, 0.25) is 0 Å². The molecule has 1 atom stereocenters. The van der Waals surface area contributed by atoms with Gasteiger partial charge in [0.15, 0.2) is 0 Å². The van der Waals surface area contributed by atoms with Crippen molar-refractivity contribution >= 4 is 17.5 Å². The molecule has 1 fully saturated rings. The fourth-order valence-corrected chi connectivity index (χ4v) is 2.66. The molecule has 0 spiro atoms. The normalized spacial score (nSPS) is 18.9. The first-order chi connectivity index (χ1) is 9.40.